The smallest absolute Gasteiger partial charge is 0.272 e. The van der Waals surface area contributed by atoms with Crippen molar-refractivity contribution >= 4 is 12.1 Å². The number of pyridine rings is 1. The zero-order chi connectivity index (χ0) is 16.7. The fraction of sp³-hybridized carbons (Fsp3) is 0.235. The lowest BCUT2D eigenvalue weighted by atomic mass is 10.2. The highest BCUT2D eigenvalue weighted by molar-refractivity contribution is 5.94. The first-order valence-electron chi connectivity index (χ1n) is 7.18. The van der Waals surface area contributed by atoms with E-state index in [-0.39, 0.29) is 12.0 Å². The van der Waals surface area contributed by atoms with Crippen LogP contribution in [0.5, 0.6) is 11.5 Å². The molecule has 6 nitrogen and oxygen atoms in total. The molecule has 0 spiro atoms. The summed E-state index contributed by atoms with van der Waals surface area (Å²) in [4.78, 5) is 15.7. The third-order valence-electron chi connectivity index (χ3n) is 2.85. The molecule has 23 heavy (non-hydrogen) atoms. The Morgan fingerprint density at radius 2 is 2.13 bits per heavy atom. The van der Waals surface area contributed by atoms with Gasteiger partial charge >= 0.3 is 0 Å². The summed E-state index contributed by atoms with van der Waals surface area (Å²) < 4.78 is 10.9. The molecule has 0 radical (unpaired) electrons. The van der Waals surface area contributed by atoms with Crippen molar-refractivity contribution in [3.63, 3.8) is 0 Å². The van der Waals surface area contributed by atoms with Crippen LogP contribution in [0.3, 0.4) is 0 Å². The van der Waals surface area contributed by atoms with Crippen LogP contribution in [0.2, 0.25) is 0 Å². The van der Waals surface area contributed by atoms with Crippen molar-refractivity contribution in [2.45, 2.75) is 20.0 Å². The van der Waals surface area contributed by atoms with Gasteiger partial charge in [0.25, 0.3) is 5.91 Å². The molecule has 0 aliphatic carbocycles. The van der Waals surface area contributed by atoms with Crippen LogP contribution in [-0.4, -0.2) is 30.3 Å². The van der Waals surface area contributed by atoms with Gasteiger partial charge < -0.3 is 9.47 Å². The van der Waals surface area contributed by atoms with E-state index in [4.69, 9.17) is 9.47 Å². The molecular formula is C17H19N3O3. The average Bonchev–Trinajstić information content (AvgIpc) is 2.55. The van der Waals surface area contributed by atoms with E-state index in [1.54, 1.807) is 43.8 Å². The van der Waals surface area contributed by atoms with Crippen LogP contribution in [0.25, 0.3) is 0 Å². The van der Waals surface area contributed by atoms with E-state index >= 15 is 0 Å². The minimum absolute atomic E-state index is 0.0290. The SMILES string of the molecule is COc1ccc(/C=N\NC(=O)c2cccnc2)cc1OC(C)C. The van der Waals surface area contributed by atoms with Gasteiger partial charge in [0.2, 0.25) is 0 Å². The van der Waals surface area contributed by atoms with Crippen LogP contribution in [0.4, 0.5) is 0 Å². The zero-order valence-electron chi connectivity index (χ0n) is 13.3. The Kier molecular flexibility index (Phi) is 5.68. The predicted octanol–water partition coefficient (Wildman–Crippen LogP) is 2.64. The minimum atomic E-state index is -0.318. The second kappa shape index (κ2) is 7.93. The van der Waals surface area contributed by atoms with Crippen molar-refractivity contribution < 1.29 is 14.3 Å². The fourth-order valence-electron chi connectivity index (χ4n) is 1.85. The van der Waals surface area contributed by atoms with Crippen molar-refractivity contribution in [1.29, 1.82) is 0 Å². The molecule has 2 aromatic rings. The number of rotatable bonds is 6. The lowest BCUT2D eigenvalue weighted by molar-refractivity contribution is 0.0955. The van der Waals surface area contributed by atoms with Crippen molar-refractivity contribution in [3.05, 3.63) is 53.9 Å². The predicted molar refractivity (Wildman–Crippen MR) is 88.1 cm³/mol. The van der Waals surface area contributed by atoms with Gasteiger partial charge in [-0.3, -0.25) is 9.78 Å². The number of nitrogens with zero attached hydrogens (tertiary/aromatic N) is 2. The summed E-state index contributed by atoms with van der Waals surface area (Å²) in [7, 11) is 1.59. The Morgan fingerprint density at radius 1 is 1.30 bits per heavy atom. The molecule has 2 rings (SSSR count). The van der Waals surface area contributed by atoms with Crippen molar-refractivity contribution in [1.82, 2.24) is 10.4 Å². The Morgan fingerprint density at radius 3 is 2.78 bits per heavy atom. The Bertz CT molecular complexity index is 685. The molecule has 6 heteroatoms. The Balaban J connectivity index is 2.06. The third kappa shape index (κ3) is 4.81. The number of hydrogen-bond acceptors (Lipinski definition) is 5. The highest BCUT2D eigenvalue weighted by atomic mass is 16.5. The molecule has 1 heterocycles. The molecule has 0 saturated heterocycles. The van der Waals surface area contributed by atoms with Gasteiger partial charge in [0.15, 0.2) is 11.5 Å². The van der Waals surface area contributed by atoms with Crippen LogP contribution in [0.15, 0.2) is 47.8 Å². The summed E-state index contributed by atoms with van der Waals surface area (Å²) in [6, 6.07) is 8.78. The number of nitrogens with one attached hydrogen (secondary N) is 1. The number of ether oxygens (including phenoxy) is 2. The molecule has 0 aliphatic rings. The second-order valence-electron chi connectivity index (χ2n) is 5.02. The molecule has 1 amide bonds. The fourth-order valence-corrected chi connectivity index (χ4v) is 1.85. The van der Waals surface area contributed by atoms with Crippen LogP contribution < -0.4 is 14.9 Å². The number of carbonyl (C=O) groups is 1. The molecule has 120 valence electrons. The first-order valence-corrected chi connectivity index (χ1v) is 7.18. The van der Waals surface area contributed by atoms with Gasteiger partial charge in [-0.1, -0.05) is 0 Å². The van der Waals surface area contributed by atoms with Gasteiger partial charge in [0.1, 0.15) is 0 Å². The topological polar surface area (TPSA) is 72.8 Å². The van der Waals surface area contributed by atoms with Crippen LogP contribution in [0.1, 0.15) is 29.8 Å². The third-order valence-corrected chi connectivity index (χ3v) is 2.85. The Hall–Kier alpha value is -2.89. The first kappa shape index (κ1) is 16.5. The maximum Gasteiger partial charge on any atom is 0.272 e. The second-order valence-corrected chi connectivity index (χ2v) is 5.02. The summed E-state index contributed by atoms with van der Waals surface area (Å²) in [6.07, 6.45) is 4.66. The molecule has 0 fully saturated rings. The number of benzene rings is 1. The summed E-state index contributed by atoms with van der Waals surface area (Å²) >= 11 is 0. The van der Waals surface area contributed by atoms with Gasteiger partial charge in [-0.15, -0.1) is 0 Å². The van der Waals surface area contributed by atoms with Crippen molar-refractivity contribution in [2.24, 2.45) is 5.10 Å². The van der Waals surface area contributed by atoms with Gasteiger partial charge in [0, 0.05) is 12.4 Å². The lowest BCUT2D eigenvalue weighted by Gasteiger charge is -2.13. The number of methoxy groups -OCH3 is 1. The maximum atomic E-state index is 11.8. The van der Waals surface area contributed by atoms with Gasteiger partial charge in [-0.05, 0) is 49.7 Å². The molecule has 0 unspecified atom stereocenters. The molecular weight excluding hydrogens is 294 g/mol. The number of amides is 1. The standard InChI is InChI=1S/C17H19N3O3/c1-12(2)23-16-9-13(6-7-15(16)22-3)10-19-20-17(21)14-5-4-8-18-11-14/h4-12H,1-3H3,(H,20,21)/b19-10-. The largest absolute Gasteiger partial charge is 0.493 e. The number of hydrogen-bond donors (Lipinski definition) is 1. The summed E-state index contributed by atoms with van der Waals surface area (Å²) in [5.41, 5.74) is 3.69. The van der Waals surface area contributed by atoms with E-state index in [0.29, 0.717) is 17.1 Å². The van der Waals surface area contributed by atoms with Crippen LogP contribution in [-0.2, 0) is 0 Å². The molecule has 0 saturated carbocycles. The highest BCUT2D eigenvalue weighted by Gasteiger charge is 2.07. The molecule has 0 aliphatic heterocycles. The number of hydrazone groups is 1. The molecule has 1 aromatic heterocycles. The molecule has 1 N–H and O–H groups in total. The molecule has 0 bridgehead atoms. The number of carbonyl (C=O) groups excluding carboxylic acids is 1. The van der Waals surface area contributed by atoms with Gasteiger partial charge in [0.05, 0.1) is 25.0 Å². The monoisotopic (exact) mass is 313 g/mol. The average molecular weight is 313 g/mol. The highest BCUT2D eigenvalue weighted by Crippen LogP contribution is 2.28. The van der Waals surface area contributed by atoms with Gasteiger partial charge in [-0.2, -0.15) is 5.10 Å². The van der Waals surface area contributed by atoms with E-state index in [1.807, 2.05) is 19.9 Å². The van der Waals surface area contributed by atoms with E-state index in [2.05, 4.69) is 15.5 Å². The summed E-state index contributed by atoms with van der Waals surface area (Å²) in [5.74, 6) is 0.960. The maximum absolute atomic E-state index is 11.8. The molecule has 1 aromatic carbocycles. The number of aromatic nitrogens is 1. The minimum Gasteiger partial charge on any atom is -0.493 e. The lowest BCUT2D eigenvalue weighted by Crippen LogP contribution is -2.17. The van der Waals surface area contributed by atoms with Crippen LogP contribution >= 0.6 is 0 Å². The normalized spacial score (nSPS) is 10.8. The van der Waals surface area contributed by atoms with E-state index < -0.39 is 0 Å². The first-order chi connectivity index (χ1) is 11.1. The van der Waals surface area contributed by atoms with E-state index in [9.17, 15) is 4.79 Å². The van der Waals surface area contributed by atoms with E-state index in [1.165, 1.54) is 6.20 Å². The van der Waals surface area contributed by atoms with Crippen LogP contribution in [0, 0.1) is 0 Å². The van der Waals surface area contributed by atoms with Crippen molar-refractivity contribution in [2.75, 3.05) is 7.11 Å². The Labute approximate surface area is 135 Å². The van der Waals surface area contributed by atoms with Gasteiger partial charge in [-0.25, -0.2) is 5.43 Å². The zero-order valence-corrected chi connectivity index (χ0v) is 13.3. The summed E-state index contributed by atoms with van der Waals surface area (Å²) in [6.45, 7) is 3.88. The molecule has 0 atom stereocenters. The van der Waals surface area contributed by atoms with Crippen molar-refractivity contribution in [3.8, 4) is 11.5 Å². The van der Waals surface area contributed by atoms with E-state index in [0.717, 1.165) is 5.56 Å². The quantitative estimate of drug-likeness (QED) is 0.657. The summed E-state index contributed by atoms with van der Waals surface area (Å²) in [5, 5.41) is 3.94.